The number of thiazole rings is 1. The predicted molar refractivity (Wildman–Crippen MR) is 281 cm³/mol. The minimum Gasteiger partial charge on any atom is -0.391 e. The van der Waals surface area contributed by atoms with Gasteiger partial charge < -0.3 is 35.3 Å². The molecule has 2 saturated heterocycles. The quantitative estimate of drug-likeness (QED) is 0.0777. The molecule has 4 amide bonds. The van der Waals surface area contributed by atoms with Crippen molar-refractivity contribution < 1.29 is 33.2 Å². The van der Waals surface area contributed by atoms with Gasteiger partial charge in [-0.15, -0.1) is 16.4 Å². The van der Waals surface area contributed by atoms with Crippen LogP contribution in [0.5, 0.6) is 0 Å². The largest absolute Gasteiger partial charge is 0.391 e. The summed E-state index contributed by atoms with van der Waals surface area (Å²) in [5.41, 5.74) is 6.69. The predicted octanol–water partition coefficient (Wildman–Crippen LogP) is 5.49. The number of likely N-dealkylation sites (tertiary alicyclic amines) is 1. The number of hydrogen-bond acceptors (Lipinski definition) is 15. The van der Waals surface area contributed by atoms with Crippen molar-refractivity contribution >= 4 is 61.5 Å². The SMILES string of the molecule is Cc1ncsc1-c1ccc(CNC(=O)[C@@H]2C[C@@H](O)CN2C(=O)[C@@H](NC(=O)CCCCn2cc(CCC(=O)N=[S@](C)(=O)C3(c4cc(N5CCOC[C@H]5C)nc(-c5ccnc6[nH]ccc56)n4)CC3)nn2)C(C)(C)C)cc1. The second-order valence-electron chi connectivity index (χ2n) is 20.8. The summed E-state index contributed by atoms with van der Waals surface area (Å²) in [6.45, 7) is 12.0. The van der Waals surface area contributed by atoms with Crippen LogP contribution in [-0.2, 0) is 57.9 Å². The molecule has 7 heterocycles. The van der Waals surface area contributed by atoms with Crippen molar-refractivity contribution in [2.45, 2.75) is 128 Å². The van der Waals surface area contributed by atoms with E-state index in [1.165, 1.54) is 4.90 Å². The number of hydrogen-bond donors (Lipinski definition) is 4. The van der Waals surface area contributed by atoms with E-state index in [0.29, 0.717) is 80.7 Å². The van der Waals surface area contributed by atoms with Gasteiger partial charge in [-0.1, -0.05) is 50.3 Å². The lowest BCUT2D eigenvalue weighted by molar-refractivity contribution is -0.144. The van der Waals surface area contributed by atoms with E-state index in [4.69, 9.17) is 14.7 Å². The number of nitrogens with zero attached hydrogens (tertiary/aromatic N) is 10. The van der Waals surface area contributed by atoms with Crippen LogP contribution in [0.3, 0.4) is 0 Å². The van der Waals surface area contributed by atoms with Crippen LogP contribution < -0.4 is 15.5 Å². The number of amides is 4. The maximum atomic E-state index is 14.6. The number of fused-ring (bicyclic) bond motifs is 1. The number of unbranched alkanes of at least 4 members (excludes halogenated alkanes) is 1. The second kappa shape index (κ2) is 21.8. The van der Waals surface area contributed by atoms with E-state index in [2.05, 4.69) is 52.1 Å². The van der Waals surface area contributed by atoms with E-state index in [-0.39, 0.29) is 56.6 Å². The minimum atomic E-state index is -3.11. The molecule has 392 valence electrons. The Kier molecular flexibility index (Phi) is 15.4. The van der Waals surface area contributed by atoms with Crippen molar-refractivity contribution in [3.8, 4) is 21.8 Å². The van der Waals surface area contributed by atoms with Gasteiger partial charge >= 0.3 is 0 Å². The molecule has 2 aliphatic heterocycles. The van der Waals surface area contributed by atoms with Gasteiger partial charge in [0.05, 0.1) is 67.3 Å². The molecule has 0 unspecified atom stereocenters. The van der Waals surface area contributed by atoms with Gasteiger partial charge in [0.2, 0.25) is 17.7 Å². The number of morpholine rings is 1. The fraction of sp³-hybridized carbons (Fsp3) is 0.500. The number of aliphatic hydroxyl groups excluding tert-OH is 1. The van der Waals surface area contributed by atoms with E-state index in [0.717, 1.165) is 32.6 Å². The number of carbonyl (C=O) groups excluding carboxylic acids is 4. The number of nitrogens with one attached hydrogen (secondary N) is 3. The maximum absolute atomic E-state index is 14.6. The molecule has 22 heteroatoms. The van der Waals surface area contributed by atoms with E-state index >= 15 is 0 Å². The fourth-order valence-corrected chi connectivity index (χ4v) is 12.6. The third kappa shape index (κ3) is 11.6. The zero-order valence-electron chi connectivity index (χ0n) is 42.7. The highest BCUT2D eigenvalue weighted by molar-refractivity contribution is 7.94. The Morgan fingerprint density at radius 1 is 1.07 bits per heavy atom. The van der Waals surface area contributed by atoms with E-state index in [1.54, 1.807) is 34.7 Å². The van der Waals surface area contributed by atoms with Crippen molar-refractivity contribution in [1.82, 2.24) is 55.4 Å². The van der Waals surface area contributed by atoms with Crippen LogP contribution in [0.25, 0.3) is 32.9 Å². The molecule has 4 N–H and O–H groups in total. The molecule has 1 aliphatic carbocycles. The topological polar surface area (TPSA) is 256 Å². The molecule has 3 aliphatic rings. The molecule has 3 fully saturated rings. The van der Waals surface area contributed by atoms with Gasteiger partial charge in [0, 0.05) is 93.7 Å². The van der Waals surface area contributed by atoms with Crippen molar-refractivity contribution in [3.05, 3.63) is 89.2 Å². The van der Waals surface area contributed by atoms with Gasteiger partial charge in [-0.25, -0.2) is 24.1 Å². The molecule has 9 rings (SSSR count). The van der Waals surface area contributed by atoms with Crippen LogP contribution in [0.4, 0.5) is 5.82 Å². The summed E-state index contributed by atoms with van der Waals surface area (Å²) in [5.74, 6) is -0.401. The number of rotatable bonds is 18. The van der Waals surface area contributed by atoms with E-state index in [9.17, 15) is 28.5 Å². The number of aromatic amines is 1. The molecule has 0 bridgehead atoms. The Bertz CT molecular complexity index is 3150. The molecule has 5 aromatic heterocycles. The molecule has 20 nitrogen and oxygen atoms in total. The van der Waals surface area contributed by atoms with Gasteiger partial charge in [0.1, 0.15) is 23.5 Å². The molecule has 0 spiro atoms. The van der Waals surface area contributed by atoms with Gasteiger partial charge in [-0.05, 0) is 68.2 Å². The molecule has 1 saturated carbocycles. The van der Waals surface area contributed by atoms with Crippen molar-refractivity contribution in [2.24, 2.45) is 9.78 Å². The lowest BCUT2D eigenvalue weighted by Crippen LogP contribution is -2.57. The number of β-amino-alcohol motifs (C(OH)–C–C–N with tert-alkyl or cyclic N) is 1. The third-order valence-electron chi connectivity index (χ3n) is 14.2. The number of anilines is 1. The van der Waals surface area contributed by atoms with Crippen molar-refractivity contribution in [1.29, 1.82) is 0 Å². The van der Waals surface area contributed by atoms with Gasteiger partial charge in [0.15, 0.2) is 5.82 Å². The monoisotopic (exact) mass is 1050 g/mol. The summed E-state index contributed by atoms with van der Waals surface area (Å²) >= 11 is 1.57. The number of ether oxygens (including phenoxy) is 1. The molecule has 5 atom stereocenters. The molecule has 6 aromatic rings. The average molecular weight is 1050 g/mol. The molecule has 74 heavy (non-hydrogen) atoms. The summed E-state index contributed by atoms with van der Waals surface area (Å²) in [6, 6.07) is 11.8. The Balaban J connectivity index is 0.762. The number of H-pyrrole nitrogens is 1. The third-order valence-corrected chi connectivity index (χ3v) is 17.8. The van der Waals surface area contributed by atoms with Crippen LogP contribution in [0, 0.1) is 12.3 Å². The highest BCUT2D eigenvalue weighted by atomic mass is 32.2. The minimum absolute atomic E-state index is 0.00748. The molecular formula is C52H65N13O7S2. The van der Waals surface area contributed by atoms with E-state index < -0.39 is 49.9 Å². The Hall–Kier alpha value is -6.49. The van der Waals surface area contributed by atoms with Gasteiger partial charge in [-0.3, -0.25) is 23.9 Å². The first-order valence-electron chi connectivity index (χ1n) is 25.2. The number of aryl methyl sites for hydroxylation is 3. The highest BCUT2D eigenvalue weighted by Crippen LogP contribution is 2.53. The number of aromatic nitrogens is 8. The standard InChI is InChI=1S/C52H65N13O7S2/c1-32-30-72-24-23-64(32)42-26-41(57-48(58-42)39-17-21-54-47-38(39)16-20-53-47)52(18-19-52)74(6,71)61-44(68)15-14-36-28-63(62-60-36)22-8-7-9-43(67)59-46(51(3,4)5)50(70)65-29-37(66)25-40(65)49(69)55-27-34-10-12-35(13-11-34)45-33(2)56-31-73-45/h10-13,16-17,20-21,26,28,31-32,37,40,46,66H,7-9,14-15,18-19,22-25,27,29-30H2,1-6H3,(H,53,54)(H,55,69)(H,59,67)/t32-,37-,40+,46-,74-/m1/s1. The lowest BCUT2D eigenvalue weighted by Gasteiger charge is -2.35. The first-order valence-corrected chi connectivity index (χ1v) is 28.0. The molecule has 0 radical (unpaired) electrons. The van der Waals surface area contributed by atoms with Crippen LogP contribution in [0.1, 0.15) is 95.3 Å². The maximum Gasteiger partial charge on any atom is 0.254 e. The summed E-state index contributed by atoms with van der Waals surface area (Å²) in [6.07, 6.45) is 8.63. The first-order chi connectivity index (χ1) is 35.4. The summed E-state index contributed by atoms with van der Waals surface area (Å²) in [4.78, 5) is 81.1. The summed E-state index contributed by atoms with van der Waals surface area (Å²) in [7, 11) is -3.11. The number of benzene rings is 1. The normalized spacial score (nSPS) is 19.7. The van der Waals surface area contributed by atoms with Crippen molar-refractivity contribution in [2.75, 3.05) is 37.5 Å². The van der Waals surface area contributed by atoms with Gasteiger partial charge in [0.25, 0.3) is 5.91 Å². The number of aliphatic hydroxyl groups is 1. The second-order valence-corrected chi connectivity index (χ2v) is 24.2. The smallest absolute Gasteiger partial charge is 0.254 e. The number of pyridine rings is 1. The lowest BCUT2D eigenvalue weighted by atomic mass is 9.85. The highest BCUT2D eigenvalue weighted by Gasteiger charge is 2.54. The fourth-order valence-electron chi connectivity index (χ4n) is 9.80. The molecular weight excluding hydrogens is 983 g/mol. The van der Waals surface area contributed by atoms with Crippen LogP contribution in [0.15, 0.2) is 70.9 Å². The zero-order chi connectivity index (χ0) is 52.4. The molecule has 1 aromatic carbocycles. The summed E-state index contributed by atoms with van der Waals surface area (Å²) in [5, 5.41) is 25.9. The van der Waals surface area contributed by atoms with Gasteiger partial charge in [-0.2, -0.15) is 4.36 Å². The zero-order valence-corrected chi connectivity index (χ0v) is 44.4. The first kappa shape index (κ1) is 52.4. The summed E-state index contributed by atoms with van der Waals surface area (Å²) < 4.78 is 25.4. The van der Waals surface area contributed by atoms with Crippen LogP contribution in [-0.4, -0.2) is 135 Å². The van der Waals surface area contributed by atoms with Crippen LogP contribution >= 0.6 is 11.3 Å². The van der Waals surface area contributed by atoms with Crippen LogP contribution in [0.2, 0.25) is 0 Å². The Morgan fingerprint density at radius 3 is 2.59 bits per heavy atom. The van der Waals surface area contributed by atoms with Crippen molar-refractivity contribution in [3.63, 3.8) is 0 Å². The Morgan fingerprint density at radius 2 is 1.86 bits per heavy atom. The number of carbonyl (C=O) groups is 4. The Labute approximate surface area is 434 Å². The van der Waals surface area contributed by atoms with E-state index in [1.807, 2.05) is 81.9 Å². The average Bonchev–Trinajstić information content (AvgIpc) is 3.74.